The third kappa shape index (κ3) is 6.32. The third-order valence-electron chi connectivity index (χ3n) is 3.20. The zero-order valence-electron chi connectivity index (χ0n) is 15.5. The maximum absolute atomic E-state index is 12.7. The number of alkyl carbamates (subject to hydrolysis) is 1. The van der Waals surface area contributed by atoms with Crippen molar-refractivity contribution in [2.45, 2.75) is 32.8 Å². The van der Waals surface area contributed by atoms with Crippen LogP contribution in [-0.2, 0) is 4.74 Å². The van der Waals surface area contributed by atoms with Crippen LogP contribution in [0.1, 0.15) is 27.2 Å². The number of halogens is 1. The summed E-state index contributed by atoms with van der Waals surface area (Å²) in [6.07, 6.45) is 2.90. The first kappa shape index (κ1) is 20.3. The fourth-order valence-corrected chi connectivity index (χ4v) is 2.19. The van der Waals surface area contributed by atoms with Crippen molar-refractivity contribution < 1.29 is 23.4 Å². The van der Waals surface area contributed by atoms with Gasteiger partial charge in [0.05, 0.1) is 30.3 Å². The van der Waals surface area contributed by atoms with Gasteiger partial charge in [0.1, 0.15) is 11.4 Å². The molecule has 2 aromatic heterocycles. The second kappa shape index (κ2) is 9.06. The topological polar surface area (TPSA) is 124 Å². The monoisotopic (exact) mass is 381 g/mol. The van der Waals surface area contributed by atoms with Crippen molar-refractivity contribution in [3.8, 4) is 22.8 Å². The highest BCUT2D eigenvalue weighted by molar-refractivity contribution is 5.74. The number of aromatic nitrogens is 3. The van der Waals surface area contributed by atoms with E-state index in [1.165, 1.54) is 12.4 Å². The molecule has 0 saturated heterocycles. The molecule has 0 atom stereocenters. The van der Waals surface area contributed by atoms with E-state index in [2.05, 4.69) is 20.5 Å². The number of carbonyl (C=O) groups is 1. The molecular weight excluding hydrogens is 357 g/mol. The molecule has 9 nitrogen and oxygen atoms in total. The Morgan fingerprint density at radius 2 is 2.00 bits per heavy atom. The molecule has 0 aliphatic heterocycles. The summed E-state index contributed by atoms with van der Waals surface area (Å²) in [4.78, 5) is 15.6. The first-order valence-electron chi connectivity index (χ1n) is 8.38. The van der Waals surface area contributed by atoms with Crippen LogP contribution in [0.3, 0.4) is 0 Å². The maximum atomic E-state index is 12.7. The van der Waals surface area contributed by atoms with Gasteiger partial charge in [-0.25, -0.2) is 9.18 Å². The molecule has 10 heteroatoms. The predicted molar refractivity (Wildman–Crippen MR) is 97.2 cm³/mol. The van der Waals surface area contributed by atoms with Crippen molar-refractivity contribution in [2.24, 2.45) is 0 Å². The average molecular weight is 381 g/mol. The van der Waals surface area contributed by atoms with E-state index in [4.69, 9.17) is 19.9 Å². The number of hydrogen-bond donors (Lipinski definition) is 3. The molecule has 0 radical (unpaired) electrons. The Labute approximate surface area is 156 Å². The number of hydrogen-bond acceptors (Lipinski definition) is 7. The second-order valence-corrected chi connectivity index (χ2v) is 6.60. The van der Waals surface area contributed by atoms with E-state index in [0.29, 0.717) is 30.0 Å². The normalized spacial score (nSPS) is 11.1. The van der Waals surface area contributed by atoms with Gasteiger partial charge >= 0.3 is 6.09 Å². The maximum Gasteiger partial charge on any atom is 0.407 e. The summed E-state index contributed by atoms with van der Waals surface area (Å²) >= 11 is 0. The highest BCUT2D eigenvalue weighted by Gasteiger charge is 2.17. The van der Waals surface area contributed by atoms with Crippen molar-refractivity contribution >= 4 is 11.9 Å². The number of rotatable bonds is 8. The van der Waals surface area contributed by atoms with Gasteiger partial charge < -0.3 is 25.3 Å². The van der Waals surface area contributed by atoms with Gasteiger partial charge in [-0.05, 0) is 27.2 Å². The second-order valence-electron chi connectivity index (χ2n) is 6.60. The number of carbonyl (C=O) groups excluding carboxylic acids is 1. The molecule has 0 unspecified atom stereocenters. The molecule has 27 heavy (non-hydrogen) atoms. The summed E-state index contributed by atoms with van der Waals surface area (Å²) in [6, 6.07) is 1.58. The van der Waals surface area contributed by atoms with Gasteiger partial charge in [-0.15, -0.1) is 0 Å². The van der Waals surface area contributed by atoms with Crippen LogP contribution in [0.5, 0.6) is 11.5 Å². The van der Waals surface area contributed by atoms with Crippen LogP contribution in [0.4, 0.5) is 15.0 Å². The fourth-order valence-electron chi connectivity index (χ4n) is 2.19. The minimum Gasteiger partial charge on any atom is -0.491 e. The number of ether oxygens (including phenoxy) is 3. The quantitative estimate of drug-likeness (QED) is 0.600. The molecule has 4 N–H and O–H groups in total. The first-order valence-corrected chi connectivity index (χ1v) is 8.38. The Bertz CT molecular complexity index is 760. The number of amides is 1. The molecule has 0 fully saturated rings. The number of nitrogen functional groups attached to an aromatic ring is 1. The molecule has 0 spiro atoms. The van der Waals surface area contributed by atoms with E-state index in [-0.39, 0.29) is 18.2 Å². The molecule has 0 aromatic carbocycles. The van der Waals surface area contributed by atoms with Gasteiger partial charge in [0.15, 0.2) is 11.5 Å². The van der Waals surface area contributed by atoms with Gasteiger partial charge in [0, 0.05) is 12.6 Å². The van der Waals surface area contributed by atoms with E-state index < -0.39 is 18.6 Å². The lowest BCUT2D eigenvalue weighted by Gasteiger charge is -2.19. The Morgan fingerprint density at radius 3 is 2.59 bits per heavy atom. The molecule has 2 aromatic rings. The van der Waals surface area contributed by atoms with Crippen molar-refractivity contribution in [1.29, 1.82) is 0 Å². The lowest BCUT2D eigenvalue weighted by molar-refractivity contribution is 0.0525. The highest BCUT2D eigenvalue weighted by atomic mass is 19.1. The van der Waals surface area contributed by atoms with Crippen LogP contribution in [0.25, 0.3) is 11.3 Å². The fraction of sp³-hybridized carbons (Fsp3) is 0.471. The highest BCUT2D eigenvalue weighted by Crippen LogP contribution is 2.37. The van der Waals surface area contributed by atoms with E-state index >= 15 is 0 Å². The number of nitrogens with one attached hydrogen (secondary N) is 2. The van der Waals surface area contributed by atoms with Crippen LogP contribution < -0.4 is 20.5 Å². The minimum atomic E-state index is -1.01. The van der Waals surface area contributed by atoms with Crippen molar-refractivity contribution in [3.63, 3.8) is 0 Å². The van der Waals surface area contributed by atoms with Crippen LogP contribution in [0.15, 0.2) is 18.5 Å². The van der Waals surface area contributed by atoms with Gasteiger partial charge in [0.25, 0.3) is 0 Å². The van der Waals surface area contributed by atoms with Crippen LogP contribution >= 0.6 is 0 Å². The van der Waals surface area contributed by atoms with Crippen LogP contribution in [-0.4, -0.2) is 46.9 Å². The summed E-state index contributed by atoms with van der Waals surface area (Å²) in [5.74, 6) is 0.855. The van der Waals surface area contributed by atoms with Gasteiger partial charge in [0.2, 0.25) is 6.86 Å². The Kier molecular flexibility index (Phi) is 6.80. The van der Waals surface area contributed by atoms with Gasteiger partial charge in [-0.2, -0.15) is 5.10 Å². The number of aromatic amines is 1. The molecule has 148 valence electrons. The average Bonchev–Trinajstić information content (AvgIpc) is 2.99. The number of nitrogens with zero attached hydrogens (tertiary/aromatic N) is 2. The number of anilines is 1. The van der Waals surface area contributed by atoms with Crippen molar-refractivity contribution in [2.75, 3.05) is 25.7 Å². The third-order valence-corrected chi connectivity index (χ3v) is 3.20. The number of H-pyrrole nitrogens is 1. The summed E-state index contributed by atoms with van der Waals surface area (Å²) in [5.41, 5.74) is 6.06. The summed E-state index contributed by atoms with van der Waals surface area (Å²) in [7, 11) is 0. The van der Waals surface area contributed by atoms with E-state index in [1.54, 1.807) is 26.8 Å². The van der Waals surface area contributed by atoms with E-state index in [9.17, 15) is 9.18 Å². The molecular formula is C17H24FN5O4. The Hall–Kier alpha value is -3.04. The summed E-state index contributed by atoms with van der Waals surface area (Å²) < 4.78 is 28.5. The van der Waals surface area contributed by atoms with E-state index in [1.807, 2.05) is 0 Å². The van der Waals surface area contributed by atoms with Crippen LogP contribution in [0.2, 0.25) is 0 Å². The van der Waals surface area contributed by atoms with Gasteiger partial charge in [-0.1, -0.05) is 0 Å². The number of nitrogens with two attached hydrogens (primary N) is 1. The zero-order chi connectivity index (χ0) is 19.9. The Balaban J connectivity index is 1.96. The smallest absolute Gasteiger partial charge is 0.407 e. The van der Waals surface area contributed by atoms with Crippen molar-refractivity contribution in [1.82, 2.24) is 20.5 Å². The number of pyridine rings is 1. The first-order chi connectivity index (χ1) is 12.8. The number of alkyl halides is 1. The molecule has 0 aliphatic carbocycles. The van der Waals surface area contributed by atoms with Gasteiger partial charge in [-0.3, -0.25) is 10.1 Å². The lowest BCUT2D eigenvalue weighted by Crippen LogP contribution is -2.33. The molecule has 1 amide bonds. The lowest BCUT2D eigenvalue weighted by atomic mass is 10.1. The van der Waals surface area contributed by atoms with Crippen LogP contribution in [0, 0.1) is 0 Å². The molecule has 2 rings (SSSR count). The summed E-state index contributed by atoms with van der Waals surface area (Å²) in [5, 5.41) is 9.24. The van der Waals surface area contributed by atoms with E-state index in [0.717, 1.165) is 0 Å². The molecule has 0 aliphatic rings. The molecule has 0 bridgehead atoms. The molecule has 2 heterocycles. The van der Waals surface area contributed by atoms with Crippen molar-refractivity contribution in [3.05, 3.63) is 18.5 Å². The standard InChI is InChI=1S/C17H24FN5O4/c1-17(2,3)27-16(24)21-5-4-6-25-12-8-20-9-13(26-10-18)15(12)11-7-14(19)23-22-11/h7-9H,4-6,10H2,1-3H3,(H,21,24)(H3,19,22,23). The largest absolute Gasteiger partial charge is 0.491 e. The SMILES string of the molecule is CC(C)(C)OC(=O)NCCCOc1cncc(OCF)c1-c1cc(N)n[nH]1. The molecule has 0 saturated carbocycles. The predicted octanol–water partition coefficient (Wildman–Crippen LogP) is 2.65. The minimum absolute atomic E-state index is 0.200. The summed E-state index contributed by atoms with van der Waals surface area (Å²) in [6.45, 7) is 5.01. The Morgan fingerprint density at radius 1 is 1.30 bits per heavy atom. The zero-order valence-corrected chi connectivity index (χ0v) is 15.5.